The normalized spacial score (nSPS) is 10.7. The fourth-order valence-corrected chi connectivity index (χ4v) is 2.30. The Hall–Kier alpha value is -2.09. The lowest BCUT2D eigenvalue weighted by molar-refractivity contribution is 0.150. The highest BCUT2D eigenvalue weighted by atomic mass is 32.1. The minimum absolute atomic E-state index is 0.0540. The smallest absolute Gasteiger partial charge is 0.321 e. The van der Waals surface area contributed by atoms with E-state index >= 15 is 0 Å². The number of rotatable bonds is 5. The first-order valence-electron chi connectivity index (χ1n) is 6.26. The molecule has 1 aromatic heterocycles. The third kappa shape index (κ3) is 4.75. The summed E-state index contributed by atoms with van der Waals surface area (Å²) in [6, 6.07) is 7.49. The van der Waals surface area contributed by atoms with Crippen LogP contribution in [0.4, 0.5) is 18.7 Å². The predicted octanol–water partition coefficient (Wildman–Crippen LogP) is 3.15. The van der Waals surface area contributed by atoms with Gasteiger partial charge in [0.25, 0.3) is 6.43 Å². The number of aryl methyl sites for hydroxylation is 1. The Labute approximate surface area is 124 Å². The molecule has 8 heteroatoms. The van der Waals surface area contributed by atoms with Crippen LogP contribution >= 0.6 is 11.3 Å². The molecule has 0 bridgehead atoms. The quantitative estimate of drug-likeness (QED) is 0.891. The SMILES string of the molecule is Cc1cccc(CCNC(=O)Nc2nnc(C(F)F)s2)c1. The molecule has 2 N–H and O–H groups in total. The number of nitrogens with zero attached hydrogens (tertiary/aromatic N) is 2. The van der Waals surface area contributed by atoms with Crippen molar-refractivity contribution in [3.8, 4) is 0 Å². The fraction of sp³-hybridized carbons (Fsp3) is 0.308. The number of anilines is 1. The largest absolute Gasteiger partial charge is 0.337 e. The lowest BCUT2D eigenvalue weighted by Crippen LogP contribution is -2.30. The molecule has 2 amide bonds. The number of halogens is 2. The minimum atomic E-state index is -2.68. The van der Waals surface area contributed by atoms with Gasteiger partial charge in [-0.25, -0.2) is 13.6 Å². The predicted molar refractivity (Wildman–Crippen MR) is 76.8 cm³/mol. The van der Waals surface area contributed by atoms with Crippen LogP contribution in [0.25, 0.3) is 0 Å². The summed E-state index contributed by atoms with van der Waals surface area (Å²) in [6.07, 6.45) is -1.99. The van der Waals surface area contributed by atoms with E-state index in [2.05, 4.69) is 20.8 Å². The molecular formula is C13H14F2N4OS. The van der Waals surface area contributed by atoms with Gasteiger partial charge in [0, 0.05) is 6.54 Å². The maximum absolute atomic E-state index is 12.3. The summed E-state index contributed by atoms with van der Waals surface area (Å²) in [5, 5.41) is 11.4. The molecule has 21 heavy (non-hydrogen) atoms. The van der Waals surface area contributed by atoms with E-state index in [0.717, 1.165) is 11.1 Å². The van der Waals surface area contributed by atoms with Gasteiger partial charge in [0.2, 0.25) is 5.13 Å². The summed E-state index contributed by atoms with van der Waals surface area (Å²) in [5.41, 5.74) is 2.27. The van der Waals surface area contributed by atoms with E-state index in [-0.39, 0.29) is 5.13 Å². The van der Waals surface area contributed by atoms with E-state index in [1.807, 2.05) is 31.2 Å². The van der Waals surface area contributed by atoms with E-state index in [1.165, 1.54) is 0 Å². The van der Waals surface area contributed by atoms with Gasteiger partial charge in [-0.1, -0.05) is 41.2 Å². The lowest BCUT2D eigenvalue weighted by Gasteiger charge is -2.05. The second-order valence-electron chi connectivity index (χ2n) is 4.37. The maximum Gasteiger partial charge on any atom is 0.321 e. The van der Waals surface area contributed by atoms with E-state index in [4.69, 9.17) is 0 Å². The highest BCUT2D eigenvalue weighted by Crippen LogP contribution is 2.24. The van der Waals surface area contributed by atoms with Gasteiger partial charge in [0.05, 0.1) is 0 Å². The lowest BCUT2D eigenvalue weighted by atomic mass is 10.1. The van der Waals surface area contributed by atoms with Crippen molar-refractivity contribution in [3.05, 3.63) is 40.4 Å². The van der Waals surface area contributed by atoms with Crippen molar-refractivity contribution in [2.24, 2.45) is 0 Å². The molecule has 0 unspecified atom stereocenters. The van der Waals surface area contributed by atoms with Crippen LogP contribution in [0.5, 0.6) is 0 Å². The minimum Gasteiger partial charge on any atom is -0.337 e. The molecule has 1 heterocycles. The highest BCUT2D eigenvalue weighted by molar-refractivity contribution is 7.15. The molecule has 2 rings (SSSR count). The summed E-state index contributed by atoms with van der Waals surface area (Å²) >= 11 is 0.657. The number of alkyl halides is 2. The molecule has 0 saturated carbocycles. The van der Waals surface area contributed by atoms with Crippen LogP contribution in [0.15, 0.2) is 24.3 Å². The van der Waals surface area contributed by atoms with Crippen molar-refractivity contribution < 1.29 is 13.6 Å². The Bertz CT molecular complexity index is 618. The van der Waals surface area contributed by atoms with Crippen LogP contribution in [0.3, 0.4) is 0 Å². The number of nitrogens with one attached hydrogen (secondary N) is 2. The summed E-state index contributed by atoms with van der Waals surface area (Å²) < 4.78 is 24.6. The summed E-state index contributed by atoms with van der Waals surface area (Å²) in [7, 11) is 0. The number of hydrogen-bond acceptors (Lipinski definition) is 4. The van der Waals surface area contributed by atoms with E-state index in [1.54, 1.807) is 0 Å². The van der Waals surface area contributed by atoms with Crippen molar-refractivity contribution in [1.29, 1.82) is 0 Å². The van der Waals surface area contributed by atoms with Gasteiger partial charge in [-0.2, -0.15) is 0 Å². The average Bonchev–Trinajstić information content (AvgIpc) is 2.87. The van der Waals surface area contributed by atoms with Gasteiger partial charge in [-0.05, 0) is 18.9 Å². The topological polar surface area (TPSA) is 66.9 Å². The Morgan fingerprint density at radius 2 is 2.19 bits per heavy atom. The summed E-state index contributed by atoms with van der Waals surface area (Å²) in [5.74, 6) is 0. The van der Waals surface area contributed by atoms with E-state index in [9.17, 15) is 13.6 Å². The molecule has 1 aromatic carbocycles. The molecule has 0 radical (unpaired) electrons. The number of carbonyl (C=O) groups excluding carboxylic acids is 1. The highest BCUT2D eigenvalue weighted by Gasteiger charge is 2.15. The van der Waals surface area contributed by atoms with Crippen LogP contribution in [0.2, 0.25) is 0 Å². The Balaban J connectivity index is 1.77. The van der Waals surface area contributed by atoms with Gasteiger partial charge >= 0.3 is 6.03 Å². The van der Waals surface area contributed by atoms with Crippen LogP contribution in [0, 0.1) is 6.92 Å². The van der Waals surface area contributed by atoms with Gasteiger partial charge in [0.15, 0.2) is 5.01 Å². The average molecular weight is 312 g/mol. The summed E-state index contributed by atoms with van der Waals surface area (Å²) in [6.45, 7) is 2.44. The molecule has 0 spiro atoms. The monoisotopic (exact) mass is 312 g/mol. The van der Waals surface area contributed by atoms with Gasteiger partial charge in [-0.3, -0.25) is 5.32 Å². The first-order valence-corrected chi connectivity index (χ1v) is 7.08. The third-order valence-corrected chi connectivity index (χ3v) is 3.48. The number of carbonyl (C=O) groups is 1. The zero-order valence-electron chi connectivity index (χ0n) is 11.3. The standard InChI is InChI=1S/C13H14F2N4OS/c1-8-3-2-4-9(7-8)5-6-16-12(20)17-13-19-18-11(21-13)10(14)15/h2-4,7,10H,5-6H2,1H3,(H2,16,17,19,20). The first kappa shape index (κ1) is 15.3. The van der Waals surface area contributed by atoms with E-state index < -0.39 is 17.5 Å². The maximum atomic E-state index is 12.3. The van der Waals surface area contributed by atoms with Crippen LogP contribution in [-0.4, -0.2) is 22.8 Å². The number of hydrogen-bond donors (Lipinski definition) is 2. The second-order valence-corrected chi connectivity index (χ2v) is 5.38. The van der Waals surface area contributed by atoms with Gasteiger partial charge < -0.3 is 5.32 Å². The molecule has 0 atom stereocenters. The van der Waals surface area contributed by atoms with Crippen molar-refractivity contribution in [3.63, 3.8) is 0 Å². The number of benzene rings is 1. The van der Waals surface area contributed by atoms with Crippen molar-refractivity contribution in [2.45, 2.75) is 19.8 Å². The molecule has 112 valence electrons. The van der Waals surface area contributed by atoms with E-state index in [0.29, 0.717) is 24.3 Å². The van der Waals surface area contributed by atoms with Gasteiger partial charge in [-0.15, -0.1) is 10.2 Å². The number of urea groups is 1. The molecular weight excluding hydrogens is 298 g/mol. The van der Waals surface area contributed by atoms with Gasteiger partial charge in [0.1, 0.15) is 0 Å². The molecule has 0 aliphatic rings. The second kappa shape index (κ2) is 7.07. The zero-order valence-corrected chi connectivity index (χ0v) is 12.1. The van der Waals surface area contributed by atoms with Crippen molar-refractivity contribution >= 4 is 22.5 Å². The molecule has 0 aliphatic heterocycles. The molecule has 0 saturated heterocycles. The molecule has 2 aromatic rings. The van der Waals surface area contributed by atoms with Crippen molar-refractivity contribution in [2.75, 3.05) is 11.9 Å². The molecule has 0 fully saturated rings. The zero-order chi connectivity index (χ0) is 15.2. The Morgan fingerprint density at radius 1 is 1.38 bits per heavy atom. The van der Waals surface area contributed by atoms with Crippen LogP contribution in [0.1, 0.15) is 22.6 Å². The molecule has 0 aliphatic carbocycles. The van der Waals surface area contributed by atoms with Crippen LogP contribution in [-0.2, 0) is 6.42 Å². The Morgan fingerprint density at radius 3 is 2.86 bits per heavy atom. The molecule has 5 nitrogen and oxygen atoms in total. The van der Waals surface area contributed by atoms with Crippen molar-refractivity contribution in [1.82, 2.24) is 15.5 Å². The fourth-order valence-electron chi connectivity index (χ4n) is 1.70. The third-order valence-electron chi connectivity index (χ3n) is 2.63. The Kier molecular flexibility index (Phi) is 5.15. The first-order chi connectivity index (χ1) is 10.0. The number of aromatic nitrogens is 2. The van der Waals surface area contributed by atoms with Crippen LogP contribution < -0.4 is 10.6 Å². The summed E-state index contributed by atoms with van der Waals surface area (Å²) in [4.78, 5) is 11.6. The number of amides is 2.